The molecule has 1 saturated heterocycles. The van der Waals surface area contributed by atoms with Crippen molar-refractivity contribution in [3.05, 3.63) is 44.1 Å². The molecule has 10 nitrogen and oxygen atoms in total. The summed E-state index contributed by atoms with van der Waals surface area (Å²) >= 11 is 0. The van der Waals surface area contributed by atoms with E-state index < -0.39 is 35.3 Å². The highest BCUT2D eigenvalue weighted by Gasteiger charge is 2.42. The molecule has 1 fully saturated rings. The summed E-state index contributed by atoms with van der Waals surface area (Å²) in [4.78, 5) is 34.9. The monoisotopic (exact) mass is 416 g/mol. The van der Waals surface area contributed by atoms with Crippen molar-refractivity contribution in [1.82, 2.24) is 19.5 Å². The largest absolute Gasteiger partial charge is 0.394 e. The second kappa shape index (κ2) is 7.24. The minimum Gasteiger partial charge on any atom is -0.394 e. The molecule has 160 valence electrons. The van der Waals surface area contributed by atoms with Crippen LogP contribution in [0.15, 0.2) is 21.7 Å². The fourth-order valence-electron chi connectivity index (χ4n) is 3.84. The standard InChI is InChI=1S/C20H24N4O6/c1-9-5-11-12(6-10(9)2)24(17-15(21-11)18(27)23-19(28)22-17)7-13-16(26)14(8-25)30-20(3,4)29-13/h5-6,13-14,16,25-26H,7-8H2,1-4H3,(H,23,27,28)/t13-,14+,16-/m0/s1. The lowest BCUT2D eigenvalue weighted by molar-refractivity contribution is -0.337. The van der Waals surface area contributed by atoms with Crippen LogP contribution in [0, 0.1) is 13.8 Å². The smallest absolute Gasteiger partial charge is 0.349 e. The van der Waals surface area contributed by atoms with E-state index in [1.807, 2.05) is 26.0 Å². The van der Waals surface area contributed by atoms with Gasteiger partial charge in [-0.3, -0.25) is 9.78 Å². The highest BCUT2D eigenvalue weighted by atomic mass is 16.7. The molecule has 30 heavy (non-hydrogen) atoms. The van der Waals surface area contributed by atoms with Crippen molar-refractivity contribution in [1.29, 1.82) is 0 Å². The summed E-state index contributed by atoms with van der Waals surface area (Å²) in [5, 5.41) is 20.3. The van der Waals surface area contributed by atoms with Crippen molar-refractivity contribution < 1.29 is 19.7 Å². The number of ether oxygens (including phenoxy) is 2. The number of nitrogens with zero attached hydrogens (tertiary/aromatic N) is 3. The lowest BCUT2D eigenvalue weighted by Gasteiger charge is -2.43. The molecule has 3 aliphatic rings. The molecule has 1 aromatic rings. The van der Waals surface area contributed by atoms with Gasteiger partial charge in [0.05, 0.1) is 24.2 Å². The molecule has 0 amide bonds. The summed E-state index contributed by atoms with van der Waals surface area (Å²) in [6.45, 7) is 6.95. The number of hydrogen-bond acceptors (Lipinski definition) is 8. The van der Waals surface area contributed by atoms with E-state index in [1.54, 1.807) is 18.4 Å². The molecule has 3 atom stereocenters. The van der Waals surface area contributed by atoms with Crippen LogP contribution in [-0.2, 0) is 16.0 Å². The molecule has 0 unspecified atom stereocenters. The summed E-state index contributed by atoms with van der Waals surface area (Å²) < 4.78 is 13.2. The van der Waals surface area contributed by atoms with Crippen LogP contribution in [0.3, 0.4) is 0 Å². The number of nitrogens with one attached hydrogen (secondary N) is 1. The number of aromatic amines is 1. The quantitative estimate of drug-likeness (QED) is 0.510. The van der Waals surface area contributed by atoms with Gasteiger partial charge in [-0.1, -0.05) is 0 Å². The first-order chi connectivity index (χ1) is 14.1. The molecular formula is C20H24N4O6. The zero-order valence-corrected chi connectivity index (χ0v) is 17.2. The average Bonchev–Trinajstić information content (AvgIpc) is 2.66. The molecular weight excluding hydrogens is 392 g/mol. The lowest BCUT2D eigenvalue weighted by Crippen LogP contribution is -2.56. The minimum atomic E-state index is -1.13. The normalized spacial score (nSPS) is 23.9. The minimum absolute atomic E-state index is 0.0184. The lowest BCUT2D eigenvalue weighted by atomic mass is 10.0. The van der Waals surface area contributed by atoms with Crippen LogP contribution in [0.1, 0.15) is 25.0 Å². The molecule has 1 aromatic carbocycles. The third kappa shape index (κ3) is 3.52. The first-order valence-electron chi connectivity index (χ1n) is 9.66. The molecule has 3 N–H and O–H groups in total. The maximum absolute atomic E-state index is 12.4. The van der Waals surface area contributed by atoms with Gasteiger partial charge in [0.1, 0.15) is 18.3 Å². The second-order valence-corrected chi connectivity index (χ2v) is 8.08. The molecule has 3 aliphatic heterocycles. The summed E-state index contributed by atoms with van der Waals surface area (Å²) in [5.41, 5.74) is 1.78. The number of benzene rings is 1. The number of aliphatic hydroxyl groups excluding tert-OH is 2. The Hall–Kier alpha value is -2.66. The van der Waals surface area contributed by atoms with E-state index in [-0.39, 0.29) is 24.7 Å². The van der Waals surface area contributed by atoms with Crippen molar-refractivity contribution in [3.63, 3.8) is 0 Å². The Morgan fingerprint density at radius 1 is 1.13 bits per heavy atom. The number of hydrogen-bond donors (Lipinski definition) is 3. The Morgan fingerprint density at radius 3 is 2.50 bits per heavy atom. The number of aliphatic hydroxyl groups is 2. The van der Waals surface area contributed by atoms with Gasteiger partial charge in [0.2, 0.25) is 0 Å². The van der Waals surface area contributed by atoms with E-state index in [0.717, 1.165) is 11.1 Å². The van der Waals surface area contributed by atoms with Crippen LogP contribution in [-0.4, -0.2) is 60.4 Å². The maximum atomic E-state index is 12.4. The molecule has 10 heteroatoms. The van der Waals surface area contributed by atoms with E-state index in [9.17, 15) is 19.8 Å². The van der Waals surface area contributed by atoms with Gasteiger partial charge in [-0.05, 0) is 51.0 Å². The molecule has 4 rings (SSSR count). The third-order valence-corrected chi connectivity index (χ3v) is 5.40. The predicted molar refractivity (Wildman–Crippen MR) is 107 cm³/mol. The molecule has 0 spiro atoms. The zero-order chi connectivity index (χ0) is 21.8. The van der Waals surface area contributed by atoms with Crippen LogP contribution >= 0.6 is 0 Å². The van der Waals surface area contributed by atoms with Crippen LogP contribution in [0.25, 0.3) is 22.6 Å². The summed E-state index contributed by atoms with van der Waals surface area (Å²) in [7, 11) is 0. The Balaban J connectivity index is 1.94. The number of H-pyrrole nitrogens is 1. The zero-order valence-electron chi connectivity index (χ0n) is 17.2. The Bertz CT molecular complexity index is 1200. The fraction of sp³-hybridized carbons (Fsp3) is 0.500. The van der Waals surface area contributed by atoms with Crippen molar-refractivity contribution in [3.8, 4) is 11.5 Å². The average molecular weight is 416 g/mol. The first-order valence-corrected chi connectivity index (χ1v) is 9.66. The van der Waals surface area contributed by atoms with Crippen molar-refractivity contribution in [2.75, 3.05) is 6.61 Å². The van der Waals surface area contributed by atoms with Gasteiger partial charge in [0.15, 0.2) is 17.3 Å². The topological polar surface area (TPSA) is 140 Å². The number of rotatable bonds is 3. The summed E-state index contributed by atoms with van der Waals surface area (Å²) in [6.07, 6.45) is -2.76. The van der Waals surface area contributed by atoms with Gasteiger partial charge in [-0.15, -0.1) is 0 Å². The van der Waals surface area contributed by atoms with Crippen molar-refractivity contribution in [2.45, 2.75) is 58.3 Å². The Morgan fingerprint density at radius 2 is 1.80 bits per heavy atom. The molecule has 0 aromatic heterocycles. The molecule has 0 saturated carbocycles. The van der Waals surface area contributed by atoms with Crippen LogP contribution in [0.4, 0.5) is 0 Å². The SMILES string of the molecule is Cc1cc2nc3c(=O)[nH]c(=O)nc-3n(C[C@@H]3OC(C)(C)O[C@H](CO)[C@H]3O)c2cc1C. The van der Waals surface area contributed by atoms with Crippen LogP contribution < -0.4 is 11.2 Å². The number of aromatic nitrogens is 4. The highest BCUT2D eigenvalue weighted by molar-refractivity contribution is 5.81. The van der Waals surface area contributed by atoms with Gasteiger partial charge in [-0.2, -0.15) is 4.98 Å². The second-order valence-electron chi connectivity index (χ2n) is 8.08. The molecule has 3 heterocycles. The number of aryl methyl sites for hydroxylation is 2. The summed E-state index contributed by atoms with van der Waals surface area (Å²) in [6, 6.07) is 3.75. The number of fused-ring (bicyclic) bond motifs is 2. The van der Waals surface area contributed by atoms with E-state index in [4.69, 9.17) is 9.47 Å². The van der Waals surface area contributed by atoms with E-state index in [2.05, 4.69) is 15.0 Å². The molecule has 0 bridgehead atoms. The summed E-state index contributed by atoms with van der Waals surface area (Å²) in [5.74, 6) is -0.947. The van der Waals surface area contributed by atoms with Gasteiger partial charge < -0.3 is 24.3 Å². The van der Waals surface area contributed by atoms with Crippen molar-refractivity contribution in [2.24, 2.45) is 0 Å². The van der Waals surface area contributed by atoms with E-state index in [0.29, 0.717) is 11.0 Å². The van der Waals surface area contributed by atoms with E-state index in [1.165, 1.54) is 0 Å². The first kappa shape index (κ1) is 20.6. The maximum Gasteiger partial charge on any atom is 0.349 e. The predicted octanol–water partition coefficient (Wildman–Crippen LogP) is 0.0747. The third-order valence-electron chi connectivity index (χ3n) is 5.40. The van der Waals surface area contributed by atoms with Gasteiger partial charge in [0, 0.05) is 0 Å². The van der Waals surface area contributed by atoms with Gasteiger partial charge in [-0.25, -0.2) is 9.78 Å². The molecule has 0 aliphatic carbocycles. The Kier molecular flexibility index (Phi) is 4.97. The van der Waals surface area contributed by atoms with Crippen LogP contribution in [0.5, 0.6) is 0 Å². The molecule has 0 radical (unpaired) electrons. The van der Waals surface area contributed by atoms with Crippen molar-refractivity contribution >= 4 is 11.0 Å². The van der Waals surface area contributed by atoms with Gasteiger partial charge in [0.25, 0.3) is 5.56 Å². The Labute approximate surface area is 171 Å². The highest BCUT2D eigenvalue weighted by Crippen LogP contribution is 2.30. The fourth-order valence-corrected chi connectivity index (χ4v) is 3.84. The van der Waals surface area contributed by atoms with Gasteiger partial charge >= 0.3 is 5.69 Å². The van der Waals surface area contributed by atoms with Crippen LogP contribution in [0.2, 0.25) is 0 Å². The van der Waals surface area contributed by atoms with E-state index >= 15 is 0 Å².